The molecule has 0 unspecified atom stereocenters. The molecule has 0 radical (unpaired) electrons. The number of esters is 2. The molecular formula is C12H22O4. The summed E-state index contributed by atoms with van der Waals surface area (Å²) in [5, 5.41) is 0. The van der Waals surface area contributed by atoms with Crippen molar-refractivity contribution in [3.05, 3.63) is 0 Å². The summed E-state index contributed by atoms with van der Waals surface area (Å²) in [5.74, 6) is -1.13. The Morgan fingerprint density at radius 1 is 1.12 bits per heavy atom. The first-order chi connectivity index (χ1) is 7.47. The number of hydrogen-bond donors (Lipinski definition) is 0. The van der Waals surface area contributed by atoms with Crippen LogP contribution in [0.4, 0.5) is 0 Å². The molecule has 4 heteroatoms. The van der Waals surface area contributed by atoms with Crippen molar-refractivity contribution in [2.75, 3.05) is 14.2 Å². The predicted molar refractivity (Wildman–Crippen MR) is 60.8 cm³/mol. The highest BCUT2D eigenvalue weighted by Gasteiger charge is 2.50. The van der Waals surface area contributed by atoms with E-state index in [0.29, 0.717) is 6.42 Å². The van der Waals surface area contributed by atoms with E-state index in [2.05, 4.69) is 0 Å². The molecule has 0 aliphatic rings. The Labute approximate surface area is 97.3 Å². The van der Waals surface area contributed by atoms with Crippen LogP contribution in [0, 0.1) is 11.3 Å². The molecule has 0 aliphatic carbocycles. The van der Waals surface area contributed by atoms with E-state index in [9.17, 15) is 9.59 Å². The molecule has 0 aromatic heterocycles. The molecule has 16 heavy (non-hydrogen) atoms. The van der Waals surface area contributed by atoms with E-state index in [1.165, 1.54) is 14.2 Å². The van der Waals surface area contributed by atoms with Crippen molar-refractivity contribution in [1.29, 1.82) is 0 Å². The van der Waals surface area contributed by atoms with Crippen molar-refractivity contribution in [3.8, 4) is 0 Å². The zero-order valence-corrected chi connectivity index (χ0v) is 10.8. The van der Waals surface area contributed by atoms with Crippen molar-refractivity contribution in [3.63, 3.8) is 0 Å². The molecule has 0 aromatic rings. The van der Waals surface area contributed by atoms with Crippen LogP contribution in [0.15, 0.2) is 0 Å². The van der Waals surface area contributed by atoms with Gasteiger partial charge in [0.15, 0.2) is 5.41 Å². The number of ether oxygens (including phenoxy) is 2. The Hall–Kier alpha value is -1.06. The zero-order valence-electron chi connectivity index (χ0n) is 10.8. The highest BCUT2D eigenvalue weighted by Crippen LogP contribution is 2.36. The molecule has 0 aliphatic heterocycles. The first-order valence-electron chi connectivity index (χ1n) is 5.64. The SMILES string of the molecule is CCCCC(C(=O)OC)(C(=O)OC)C(C)C. The molecule has 4 nitrogen and oxygen atoms in total. The maximum absolute atomic E-state index is 11.9. The first-order valence-corrected chi connectivity index (χ1v) is 5.64. The molecule has 0 atom stereocenters. The van der Waals surface area contributed by atoms with Crippen LogP contribution in [0.25, 0.3) is 0 Å². The fourth-order valence-corrected chi connectivity index (χ4v) is 1.87. The third-order valence-corrected chi connectivity index (χ3v) is 3.01. The summed E-state index contributed by atoms with van der Waals surface area (Å²) in [5.41, 5.74) is -1.15. The highest BCUT2D eigenvalue weighted by atomic mass is 16.5. The molecule has 0 saturated carbocycles. The first kappa shape index (κ1) is 14.9. The van der Waals surface area contributed by atoms with Gasteiger partial charge in [0.1, 0.15) is 0 Å². The van der Waals surface area contributed by atoms with E-state index in [-0.39, 0.29) is 5.92 Å². The maximum atomic E-state index is 11.9. The van der Waals surface area contributed by atoms with Crippen LogP contribution in [0.5, 0.6) is 0 Å². The molecule has 0 rings (SSSR count). The van der Waals surface area contributed by atoms with Crippen molar-refractivity contribution < 1.29 is 19.1 Å². The minimum Gasteiger partial charge on any atom is -0.468 e. The summed E-state index contributed by atoms with van der Waals surface area (Å²) in [6.45, 7) is 5.69. The van der Waals surface area contributed by atoms with E-state index < -0.39 is 17.4 Å². The van der Waals surface area contributed by atoms with Crippen LogP contribution >= 0.6 is 0 Å². The summed E-state index contributed by atoms with van der Waals surface area (Å²) >= 11 is 0. The lowest BCUT2D eigenvalue weighted by Gasteiger charge is -2.31. The second kappa shape index (κ2) is 6.51. The molecule has 94 valence electrons. The number of carbonyl (C=O) groups excluding carboxylic acids is 2. The summed E-state index contributed by atoms with van der Waals surface area (Å²) in [7, 11) is 2.60. The summed E-state index contributed by atoms with van der Waals surface area (Å²) in [6, 6.07) is 0. The van der Waals surface area contributed by atoms with E-state index in [1.54, 1.807) is 0 Å². The van der Waals surface area contributed by atoms with Gasteiger partial charge < -0.3 is 9.47 Å². The number of carbonyl (C=O) groups is 2. The minimum absolute atomic E-state index is 0.140. The van der Waals surface area contributed by atoms with Gasteiger partial charge in [-0.2, -0.15) is 0 Å². The van der Waals surface area contributed by atoms with Crippen LogP contribution in [0.2, 0.25) is 0 Å². The third-order valence-electron chi connectivity index (χ3n) is 3.01. The van der Waals surface area contributed by atoms with Crippen molar-refractivity contribution >= 4 is 11.9 Å². The zero-order chi connectivity index (χ0) is 12.8. The van der Waals surface area contributed by atoms with Gasteiger partial charge >= 0.3 is 11.9 Å². The van der Waals surface area contributed by atoms with Gasteiger partial charge in [-0.25, -0.2) is 0 Å². The Bertz CT molecular complexity index is 229. The molecule has 0 heterocycles. The maximum Gasteiger partial charge on any atom is 0.323 e. The van der Waals surface area contributed by atoms with Crippen molar-refractivity contribution in [1.82, 2.24) is 0 Å². The monoisotopic (exact) mass is 230 g/mol. The summed E-state index contributed by atoms with van der Waals surface area (Å²) in [6.07, 6.45) is 2.19. The molecule has 0 fully saturated rings. The molecule has 0 bridgehead atoms. The highest BCUT2D eigenvalue weighted by molar-refractivity contribution is 6.00. The van der Waals surface area contributed by atoms with Crippen molar-refractivity contribution in [2.45, 2.75) is 40.0 Å². The van der Waals surface area contributed by atoms with Gasteiger partial charge in [-0.15, -0.1) is 0 Å². The van der Waals surface area contributed by atoms with Gasteiger partial charge in [-0.3, -0.25) is 9.59 Å². The molecule has 0 saturated heterocycles. The number of unbranched alkanes of at least 4 members (excludes halogenated alkanes) is 1. The van der Waals surface area contributed by atoms with Crippen LogP contribution in [-0.2, 0) is 19.1 Å². The van der Waals surface area contributed by atoms with Gasteiger partial charge in [-0.1, -0.05) is 33.6 Å². The van der Waals surface area contributed by atoms with Gasteiger partial charge in [0, 0.05) is 0 Å². The smallest absolute Gasteiger partial charge is 0.323 e. The van der Waals surface area contributed by atoms with Crippen molar-refractivity contribution in [2.24, 2.45) is 11.3 Å². The van der Waals surface area contributed by atoms with Crippen LogP contribution < -0.4 is 0 Å². The fraction of sp³-hybridized carbons (Fsp3) is 0.833. The minimum atomic E-state index is -1.15. The largest absolute Gasteiger partial charge is 0.468 e. The lowest BCUT2D eigenvalue weighted by molar-refractivity contribution is -0.173. The topological polar surface area (TPSA) is 52.6 Å². The molecule has 0 amide bonds. The average Bonchev–Trinajstić information content (AvgIpc) is 2.28. The Kier molecular flexibility index (Phi) is 6.08. The number of methoxy groups -OCH3 is 2. The second-order valence-electron chi connectivity index (χ2n) is 4.21. The standard InChI is InChI=1S/C12H22O4/c1-6-7-8-12(9(2)3,10(13)15-4)11(14)16-5/h9H,6-8H2,1-5H3. The predicted octanol–water partition coefficient (Wildman–Crippen LogP) is 2.17. The van der Waals surface area contributed by atoms with E-state index in [1.807, 2.05) is 20.8 Å². The fourth-order valence-electron chi connectivity index (χ4n) is 1.87. The normalized spacial score (nSPS) is 11.4. The quantitative estimate of drug-likeness (QED) is 0.518. The molecule has 0 aromatic carbocycles. The van der Waals surface area contributed by atoms with E-state index in [0.717, 1.165) is 12.8 Å². The summed E-state index contributed by atoms with van der Waals surface area (Å²) < 4.78 is 9.51. The van der Waals surface area contributed by atoms with E-state index >= 15 is 0 Å². The van der Waals surface area contributed by atoms with Gasteiger partial charge in [0.2, 0.25) is 0 Å². The molecule has 0 spiro atoms. The molecule has 0 N–H and O–H groups in total. The van der Waals surface area contributed by atoms with Crippen LogP contribution in [0.3, 0.4) is 0 Å². The Morgan fingerprint density at radius 3 is 1.81 bits per heavy atom. The number of rotatable bonds is 6. The van der Waals surface area contributed by atoms with Gasteiger partial charge in [-0.05, 0) is 12.3 Å². The van der Waals surface area contributed by atoms with Crippen LogP contribution in [0.1, 0.15) is 40.0 Å². The lowest BCUT2D eigenvalue weighted by Crippen LogP contribution is -2.45. The second-order valence-corrected chi connectivity index (χ2v) is 4.21. The Balaban J connectivity index is 5.21. The van der Waals surface area contributed by atoms with Gasteiger partial charge in [0.25, 0.3) is 0 Å². The summed E-state index contributed by atoms with van der Waals surface area (Å²) in [4.78, 5) is 23.7. The van der Waals surface area contributed by atoms with Crippen LogP contribution in [-0.4, -0.2) is 26.2 Å². The number of hydrogen-bond acceptors (Lipinski definition) is 4. The van der Waals surface area contributed by atoms with Gasteiger partial charge in [0.05, 0.1) is 14.2 Å². The Morgan fingerprint density at radius 2 is 1.56 bits per heavy atom. The van der Waals surface area contributed by atoms with E-state index in [4.69, 9.17) is 9.47 Å². The average molecular weight is 230 g/mol. The lowest BCUT2D eigenvalue weighted by atomic mass is 9.73. The third kappa shape index (κ3) is 2.74. The molecular weight excluding hydrogens is 208 g/mol.